The Labute approximate surface area is 151 Å². The lowest BCUT2D eigenvalue weighted by Gasteiger charge is -2.19. The lowest BCUT2D eigenvalue weighted by Crippen LogP contribution is -2.41. The van der Waals surface area contributed by atoms with Crippen LogP contribution in [-0.2, 0) is 23.9 Å². The maximum Gasteiger partial charge on any atom is 0.355 e. The molecule has 2 atom stereocenters. The lowest BCUT2D eigenvalue weighted by molar-refractivity contribution is -0.136. The maximum absolute atomic E-state index is 12.9. The van der Waals surface area contributed by atoms with Gasteiger partial charge in [-0.15, -0.1) is 0 Å². The molecule has 1 saturated heterocycles. The summed E-state index contributed by atoms with van der Waals surface area (Å²) in [7, 11) is 0. The molecule has 130 valence electrons. The highest BCUT2D eigenvalue weighted by molar-refractivity contribution is 9.10. The van der Waals surface area contributed by atoms with Crippen LogP contribution in [0.3, 0.4) is 0 Å². The Kier molecular flexibility index (Phi) is 4.42. The predicted molar refractivity (Wildman–Crippen MR) is 90.5 cm³/mol. The molecule has 9 heteroatoms. The molecule has 3 rings (SSSR count). The molecule has 2 aliphatic heterocycles. The van der Waals surface area contributed by atoms with Gasteiger partial charge in [0.1, 0.15) is 5.92 Å². The minimum Gasteiger partial charge on any atom is -0.461 e. The van der Waals surface area contributed by atoms with Crippen molar-refractivity contribution in [3.05, 3.63) is 28.7 Å². The van der Waals surface area contributed by atoms with E-state index in [1.165, 1.54) is 6.92 Å². The van der Waals surface area contributed by atoms with Crippen molar-refractivity contribution in [1.29, 1.82) is 0 Å². The number of anilines is 1. The first-order chi connectivity index (χ1) is 11.9. The molecule has 1 fully saturated rings. The number of carbonyl (C=O) groups is 4. The van der Waals surface area contributed by atoms with Gasteiger partial charge in [0.15, 0.2) is 11.8 Å². The van der Waals surface area contributed by atoms with E-state index in [0.717, 1.165) is 9.91 Å². The number of carbonyl (C=O) groups excluding carboxylic acids is 4. The fourth-order valence-corrected chi connectivity index (χ4v) is 3.31. The highest BCUT2D eigenvalue weighted by atomic mass is 79.9. The van der Waals surface area contributed by atoms with E-state index >= 15 is 0 Å². The van der Waals surface area contributed by atoms with Gasteiger partial charge in [0, 0.05) is 11.4 Å². The maximum atomic E-state index is 12.9. The topological polar surface area (TPSA) is 96.3 Å². The van der Waals surface area contributed by atoms with Crippen molar-refractivity contribution in [2.24, 2.45) is 11.0 Å². The van der Waals surface area contributed by atoms with E-state index in [-0.39, 0.29) is 12.3 Å². The van der Waals surface area contributed by atoms with E-state index in [9.17, 15) is 19.2 Å². The molecule has 0 saturated carbocycles. The zero-order valence-corrected chi connectivity index (χ0v) is 15.0. The van der Waals surface area contributed by atoms with Crippen molar-refractivity contribution in [3.8, 4) is 0 Å². The second kappa shape index (κ2) is 6.40. The summed E-state index contributed by atoms with van der Waals surface area (Å²) in [5.74, 6) is -3.71. The monoisotopic (exact) mass is 407 g/mol. The number of imide groups is 1. The van der Waals surface area contributed by atoms with Crippen molar-refractivity contribution < 1.29 is 23.9 Å². The molecular weight excluding hydrogens is 394 g/mol. The second-order valence-electron chi connectivity index (χ2n) is 5.48. The zero-order chi connectivity index (χ0) is 18.3. The molecule has 2 aliphatic rings. The average Bonchev–Trinajstić information content (AvgIpc) is 3.06. The zero-order valence-electron chi connectivity index (χ0n) is 13.4. The van der Waals surface area contributed by atoms with Crippen LogP contribution in [0.5, 0.6) is 0 Å². The summed E-state index contributed by atoms with van der Waals surface area (Å²) in [5, 5.41) is 4.77. The van der Waals surface area contributed by atoms with Crippen LogP contribution in [0.15, 0.2) is 33.8 Å². The first-order valence-corrected chi connectivity index (χ1v) is 8.35. The lowest BCUT2D eigenvalue weighted by atomic mass is 9.98. The smallest absolute Gasteiger partial charge is 0.355 e. The number of halogens is 1. The predicted octanol–water partition coefficient (Wildman–Crippen LogP) is 1.09. The minimum atomic E-state index is -1.16. The van der Waals surface area contributed by atoms with Gasteiger partial charge < -0.3 is 4.74 Å². The molecule has 0 N–H and O–H groups in total. The summed E-state index contributed by atoms with van der Waals surface area (Å²) < 4.78 is 5.59. The highest BCUT2D eigenvalue weighted by Gasteiger charge is 2.59. The molecule has 2 unspecified atom stereocenters. The van der Waals surface area contributed by atoms with Gasteiger partial charge >= 0.3 is 5.97 Å². The van der Waals surface area contributed by atoms with Crippen LogP contribution < -0.4 is 4.90 Å². The van der Waals surface area contributed by atoms with Crippen molar-refractivity contribution in [3.63, 3.8) is 0 Å². The third kappa shape index (κ3) is 2.74. The Morgan fingerprint density at radius 2 is 2.00 bits per heavy atom. The molecular formula is C16H14BrN3O5. The largest absolute Gasteiger partial charge is 0.461 e. The van der Waals surface area contributed by atoms with Gasteiger partial charge in [0.25, 0.3) is 5.91 Å². The molecule has 1 aromatic carbocycles. The minimum absolute atomic E-state index is 0.0901. The van der Waals surface area contributed by atoms with E-state index in [0.29, 0.717) is 10.2 Å². The van der Waals surface area contributed by atoms with Gasteiger partial charge in [0.2, 0.25) is 11.8 Å². The number of esters is 1. The second-order valence-corrected chi connectivity index (χ2v) is 6.40. The molecule has 25 heavy (non-hydrogen) atoms. The molecule has 0 spiro atoms. The van der Waals surface area contributed by atoms with Crippen LogP contribution in [0.1, 0.15) is 13.8 Å². The van der Waals surface area contributed by atoms with E-state index in [1.807, 2.05) is 0 Å². The molecule has 0 radical (unpaired) electrons. The average molecular weight is 408 g/mol. The number of nitrogens with zero attached hydrogens (tertiary/aromatic N) is 3. The van der Waals surface area contributed by atoms with Crippen LogP contribution in [0.25, 0.3) is 0 Å². The summed E-state index contributed by atoms with van der Waals surface area (Å²) in [6, 6.07) is 5.47. The first kappa shape index (κ1) is 17.3. The molecule has 1 aromatic rings. The van der Waals surface area contributed by atoms with Crippen LogP contribution in [0, 0.1) is 5.92 Å². The highest BCUT2D eigenvalue weighted by Crippen LogP contribution is 2.36. The Morgan fingerprint density at radius 1 is 1.28 bits per heavy atom. The standard InChI is InChI=1S/C16H14BrN3O5/c1-3-25-16(24)12-11-13(20(18-12)8(2)21)15(23)19(14(11)22)10-6-4-5-9(17)7-10/h4-7,11,13H,3H2,1-2H3. The fourth-order valence-electron chi connectivity index (χ4n) is 2.92. The number of amides is 3. The quantitative estimate of drug-likeness (QED) is 0.551. The Bertz CT molecular complexity index is 822. The Balaban J connectivity index is 2.04. The SMILES string of the molecule is CCOC(=O)C1=NN(C(C)=O)C2C(=O)N(c3cccc(Br)c3)C(=O)C12. The third-order valence-electron chi connectivity index (χ3n) is 3.92. The van der Waals surface area contributed by atoms with Crippen molar-refractivity contribution in [2.75, 3.05) is 11.5 Å². The van der Waals surface area contributed by atoms with Crippen LogP contribution in [0.4, 0.5) is 5.69 Å². The Morgan fingerprint density at radius 3 is 2.60 bits per heavy atom. The van der Waals surface area contributed by atoms with Gasteiger partial charge in [-0.1, -0.05) is 22.0 Å². The van der Waals surface area contributed by atoms with Crippen molar-refractivity contribution >= 4 is 51.0 Å². The number of rotatable bonds is 3. The van der Waals surface area contributed by atoms with Gasteiger partial charge in [-0.05, 0) is 25.1 Å². The number of hydrogen-bond donors (Lipinski definition) is 0. The van der Waals surface area contributed by atoms with Gasteiger partial charge in [-0.3, -0.25) is 14.4 Å². The summed E-state index contributed by atoms with van der Waals surface area (Å²) >= 11 is 3.29. The van der Waals surface area contributed by atoms with Crippen LogP contribution in [0.2, 0.25) is 0 Å². The van der Waals surface area contributed by atoms with Gasteiger partial charge in [0.05, 0.1) is 12.3 Å². The fraction of sp³-hybridized carbons (Fsp3) is 0.312. The van der Waals surface area contributed by atoms with Crippen LogP contribution >= 0.6 is 15.9 Å². The molecule has 8 nitrogen and oxygen atoms in total. The summed E-state index contributed by atoms with van der Waals surface area (Å²) in [6.45, 7) is 2.92. The van der Waals surface area contributed by atoms with Gasteiger partial charge in [-0.25, -0.2) is 14.7 Å². The van der Waals surface area contributed by atoms with Crippen molar-refractivity contribution in [1.82, 2.24) is 5.01 Å². The van der Waals surface area contributed by atoms with Crippen LogP contribution in [-0.4, -0.2) is 47.1 Å². The van der Waals surface area contributed by atoms with E-state index < -0.39 is 35.7 Å². The summed E-state index contributed by atoms with van der Waals surface area (Å²) in [6.07, 6.45) is 0. The van der Waals surface area contributed by atoms with Crippen molar-refractivity contribution in [2.45, 2.75) is 19.9 Å². The number of hydrazone groups is 1. The number of ether oxygens (including phenoxy) is 1. The number of hydrogen-bond acceptors (Lipinski definition) is 6. The number of fused-ring (bicyclic) bond motifs is 1. The third-order valence-corrected chi connectivity index (χ3v) is 4.42. The molecule has 3 amide bonds. The Hall–Kier alpha value is -2.55. The van der Waals surface area contributed by atoms with E-state index in [4.69, 9.17) is 4.74 Å². The van der Waals surface area contributed by atoms with E-state index in [2.05, 4.69) is 21.0 Å². The normalized spacial score (nSPS) is 22.1. The molecule has 0 aliphatic carbocycles. The summed E-state index contributed by atoms with van der Waals surface area (Å²) in [5.41, 5.74) is 0.128. The summed E-state index contributed by atoms with van der Waals surface area (Å²) in [4.78, 5) is 50.6. The van der Waals surface area contributed by atoms with E-state index in [1.54, 1.807) is 31.2 Å². The molecule has 0 bridgehead atoms. The van der Waals surface area contributed by atoms with Gasteiger partial charge in [-0.2, -0.15) is 5.10 Å². The number of benzene rings is 1. The molecule has 0 aromatic heterocycles. The molecule has 2 heterocycles. The first-order valence-electron chi connectivity index (χ1n) is 7.55.